The van der Waals surface area contributed by atoms with Crippen LogP contribution in [0, 0.1) is 0 Å². The molecule has 0 radical (unpaired) electrons. The minimum Gasteiger partial charge on any atom is -0.377 e. The third kappa shape index (κ3) is 4.80. The summed E-state index contributed by atoms with van der Waals surface area (Å²) >= 11 is 1.46. The number of ether oxygens (including phenoxy) is 1. The average molecular weight is 257 g/mol. The molecule has 0 spiro atoms. The van der Waals surface area contributed by atoms with E-state index in [4.69, 9.17) is 10.5 Å². The van der Waals surface area contributed by atoms with E-state index in [9.17, 15) is 4.79 Å². The highest BCUT2D eigenvalue weighted by Crippen LogP contribution is 2.09. The maximum Gasteiger partial charge on any atom is 0.270 e. The van der Waals surface area contributed by atoms with Crippen LogP contribution in [0.1, 0.15) is 29.3 Å². The maximum atomic E-state index is 11.7. The summed E-state index contributed by atoms with van der Waals surface area (Å²) in [5.74, 6) is -0.156. The van der Waals surface area contributed by atoms with Crippen molar-refractivity contribution in [3.8, 4) is 0 Å². The monoisotopic (exact) mass is 257 g/mol. The molecule has 1 heterocycles. The van der Waals surface area contributed by atoms with Gasteiger partial charge in [-0.1, -0.05) is 0 Å². The standard InChI is InChI=1S/C11H19N3O2S/c1-3-16-8(2)6-13-11(15)9-7-17-10(14-9)4-5-12/h7-8H,3-6,12H2,1-2H3,(H,13,15). The molecule has 3 N–H and O–H groups in total. The van der Waals surface area contributed by atoms with Gasteiger partial charge in [0, 0.05) is 25.0 Å². The second-order valence-corrected chi connectivity index (χ2v) is 4.58. The normalized spacial score (nSPS) is 12.4. The molecule has 0 saturated heterocycles. The Labute approximate surface area is 105 Å². The molecule has 0 aliphatic heterocycles. The number of nitrogens with two attached hydrogens (primary N) is 1. The first-order chi connectivity index (χ1) is 8.17. The first-order valence-corrected chi connectivity index (χ1v) is 6.59. The number of thiazole rings is 1. The van der Waals surface area contributed by atoms with Gasteiger partial charge >= 0.3 is 0 Å². The Balaban J connectivity index is 2.40. The molecule has 1 aromatic heterocycles. The number of rotatable bonds is 7. The topological polar surface area (TPSA) is 77.2 Å². The molecule has 0 saturated carbocycles. The fourth-order valence-electron chi connectivity index (χ4n) is 1.32. The molecule has 96 valence electrons. The van der Waals surface area contributed by atoms with E-state index >= 15 is 0 Å². The Morgan fingerprint density at radius 2 is 2.47 bits per heavy atom. The van der Waals surface area contributed by atoms with Crippen LogP contribution in [0.3, 0.4) is 0 Å². The van der Waals surface area contributed by atoms with Crippen LogP contribution in [-0.4, -0.2) is 36.7 Å². The zero-order valence-corrected chi connectivity index (χ0v) is 11.0. The number of carbonyl (C=O) groups excluding carboxylic acids is 1. The summed E-state index contributed by atoms with van der Waals surface area (Å²) in [6, 6.07) is 0. The molecular formula is C11H19N3O2S. The summed E-state index contributed by atoms with van der Waals surface area (Å²) < 4.78 is 5.32. The highest BCUT2D eigenvalue weighted by atomic mass is 32.1. The molecule has 1 atom stereocenters. The Kier molecular flexibility index (Phi) is 6.10. The largest absolute Gasteiger partial charge is 0.377 e. The molecule has 1 amide bonds. The molecule has 6 heteroatoms. The quantitative estimate of drug-likeness (QED) is 0.757. The minimum atomic E-state index is -0.156. The van der Waals surface area contributed by atoms with Crippen LogP contribution in [-0.2, 0) is 11.2 Å². The lowest BCUT2D eigenvalue weighted by molar-refractivity contribution is 0.0693. The number of nitrogens with zero attached hydrogens (tertiary/aromatic N) is 1. The number of aromatic nitrogens is 1. The molecule has 1 rings (SSSR count). The zero-order chi connectivity index (χ0) is 12.7. The van der Waals surface area contributed by atoms with E-state index in [-0.39, 0.29) is 12.0 Å². The zero-order valence-electron chi connectivity index (χ0n) is 10.2. The predicted molar refractivity (Wildman–Crippen MR) is 68.3 cm³/mol. The van der Waals surface area contributed by atoms with Gasteiger partial charge in [-0.15, -0.1) is 11.3 Å². The second kappa shape index (κ2) is 7.37. The second-order valence-electron chi connectivity index (χ2n) is 3.64. The molecule has 1 unspecified atom stereocenters. The van der Waals surface area contributed by atoms with Crippen molar-refractivity contribution in [2.45, 2.75) is 26.4 Å². The fraction of sp³-hybridized carbons (Fsp3) is 0.636. The van der Waals surface area contributed by atoms with Crippen LogP contribution < -0.4 is 11.1 Å². The first kappa shape index (κ1) is 14.1. The van der Waals surface area contributed by atoms with Gasteiger partial charge in [-0.3, -0.25) is 4.79 Å². The molecule has 0 aliphatic carbocycles. The Morgan fingerprint density at radius 1 is 1.71 bits per heavy atom. The lowest BCUT2D eigenvalue weighted by atomic mass is 10.3. The van der Waals surface area contributed by atoms with Crippen molar-refractivity contribution in [1.82, 2.24) is 10.3 Å². The summed E-state index contributed by atoms with van der Waals surface area (Å²) in [6.07, 6.45) is 0.735. The summed E-state index contributed by atoms with van der Waals surface area (Å²) in [5, 5.41) is 5.44. The summed E-state index contributed by atoms with van der Waals surface area (Å²) in [6.45, 7) is 5.54. The molecule has 0 aliphatic rings. The molecule has 0 aromatic carbocycles. The molecule has 5 nitrogen and oxygen atoms in total. The summed E-state index contributed by atoms with van der Waals surface area (Å²) in [5.41, 5.74) is 5.89. The third-order valence-corrected chi connectivity index (χ3v) is 3.05. The number of amides is 1. The van der Waals surface area contributed by atoms with E-state index < -0.39 is 0 Å². The average Bonchev–Trinajstić information content (AvgIpc) is 2.75. The summed E-state index contributed by atoms with van der Waals surface area (Å²) in [4.78, 5) is 15.9. The van der Waals surface area contributed by atoms with Gasteiger partial charge in [-0.2, -0.15) is 0 Å². The highest BCUT2D eigenvalue weighted by molar-refractivity contribution is 7.09. The van der Waals surface area contributed by atoms with E-state index in [1.165, 1.54) is 11.3 Å². The van der Waals surface area contributed by atoms with Gasteiger partial charge < -0.3 is 15.8 Å². The van der Waals surface area contributed by atoms with Crippen LogP contribution in [0.2, 0.25) is 0 Å². The van der Waals surface area contributed by atoms with Gasteiger partial charge in [0.05, 0.1) is 11.1 Å². The highest BCUT2D eigenvalue weighted by Gasteiger charge is 2.11. The van der Waals surface area contributed by atoms with Crippen LogP contribution in [0.4, 0.5) is 0 Å². The Hall–Kier alpha value is -0.980. The van der Waals surface area contributed by atoms with Crippen molar-refractivity contribution >= 4 is 17.2 Å². The first-order valence-electron chi connectivity index (χ1n) is 5.71. The van der Waals surface area contributed by atoms with Crippen molar-refractivity contribution in [3.05, 3.63) is 16.1 Å². The van der Waals surface area contributed by atoms with Gasteiger partial charge in [0.15, 0.2) is 0 Å². The van der Waals surface area contributed by atoms with E-state index in [1.807, 2.05) is 13.8 Å². The number of carbonyl (C=O) groups is 1. The number of hydrogen-bond acceptors (Lipinski definition) is 5. The smallest absolute Gasteiger partial charge is 0.270 e. The predicted octanol–water partition coefficient (Wildman–Crippen LogP) is 0.799. The van der Waals surface area contributed by atoms with Gasteiger partial charge in [0.2, 0.25) is 0 Å². The van der Waals surface area contributed by atoms with Crippen LogP contribution in [0.15, 0.2) is 5.38 Å². The van der Waals surface area contributed by atoms with Crippen LogP contribution >= 0.6 is 11.3 Å². The number of hydrogen-bond donors (Lipinski definition) is 2. The minimum absolute atomic E-state index is 0.0195. The Bertz CT molecular complexity index is 354. The van der Waals surface area contributed by atoms with Crippen molar-refractivity contribution in [3.63, 3.8) is 0 Å². The molecule has 0 fully saturated rings. The Morgan fingerprint density at radius 3 is 3.12 bits per heavy atom. The maximum absolute atomic E-state index is 11.7. The van der Waals surface area contributed by atoms with Crippen molar-refractivity contribution in [2.75, 3.05) is 19.7 Å². The number of nitrogens with one attached hydrogen (secondary N) is 1. The van der Waals surface area contributed by atoms with Crippen LogP contribution in [0.5, 0.6) is 0 Å². The third-order valence-electron chi connectivity index (χ3n) is 2.14. The van der Waals surface area contributed by atoms with E-state index in [2.05, 4.69) is 10.3 Å². The van der Waals surface area contributed by atoms with Crippen molar-refractivity contribution < 1.29 is 9.53 Å². The van der Waals surface area contributed by atoms with Gasteiger partial charge in [0.1, 0.15) is 5.69 Å². The lowest BCUT2D eigenvalue weighted by Gasteiger charge is -2.11. The van der Waals surface area contributed by atoms with Gasteiger partial charge in [-0.25, -0.2) is 4.98 Å². The molecule has 1 aromatic rings. The molecular weight excluding hydrogens is 238 g/mol. The molecule has 17 heavy (non-hydrogen) atoms. The van der Waals surface area contributed by atoms with Crippen molar-refractivity contribution in [2.24, 2.45) is 5.73 Å². The summed E-state index contributed by atoms with van der Waals surface area (Å²) in [7, 11) is 0. The van der Waals surface area contributed by atoms with E-state index in [1.54, 1.807) is 5.38 Å². The van der Waals surface area contributed by atoms with Gasteiger partial charge in [-0.05, 0) is 20.4 Å². The van der Waals surface area contributed by atoms with E-state index in [0.717, 1.165) is 5.01 Å². The van der Waals surface area contributed by atoms with Gasteiger partial charge in [0.25, 0.3) is 5.91 Å². The van der Waals surface area contributed by atoms with Crippen LogP contribution in [0.25, 0.3) is 0 Å². The fourth-order valence-corrected chi connectivity index (χ4v) is 2.12. The SMILES string of the molecule is CCOC(C)CNC(=O)c1csc(CCN)n1. The molecule has 0 bridgehead atoms. The van der Waals surface area contributed by atoms with Crippen molar-refractivity contribution in [1.29, 1.82) is 0 Å². The lowest BCUT2D eigenvalue weighted by Crippen LogP contribution is -2.32. The van der Waals surface area contributed by atoms with E-state index in [0.29, 0.717) is 31.8 Å².